The quantitative estimate of drug-likeness (QED) is 0.791. The van der Waals surface area contributed by atoms with Crippen molar-refractivity contribution in [1.82, 2.24) is 0 Å². The molecule has 2 aromatic rings. The number of thiophene rings is 1. The number of aliphatic hydroxyl groups is 1. The molecule has 1 fully saturated rings. The Labute approximate surface area is 131 Å². The smallest absolute Gasteiger partial charge is 0.201 e. The first kappa shape index (κ1) is 15.2. The fraction of sp³-hybridized carbons (Fsp3) is 0.294. The van der Waals surface area contributed by atoms with Crippen LogP contribution in [0, 0.1) is 11.6 Å². The number of aliphatic hydroxyl groups excluding tert-OH is 1. The normalized spacial score (nSPS) is 15.6. The Balaban J connectivity index is 2.00. The van der Waals surface area contributed by atoms with E-state index in [0.717, 1.165) is 29.3 Å². The Bertz CT molecular complexity index is 692. The molecule has 1 unspecified atom stereocenters. The molecule has 1 N–H and O–H groups in total. The predicted octanol–water partition coefficient (Wildman–Crippen LogP) is 4.55. The summed E-state index contributed by atoms with van der Waals surface area (Å²) in [6.45, 7) is 3.54. The zero-order valence-corrected chi connectivity index (χ0v) is 12.7. The third-order valence-corrected chi connectivity index (χ3v) is 4.70. The number of benzene rings is 1. The molecule has 3 rings (SSSR count). The molecule has 5 heteroatoms. The molecule has 0 aliphatic heterocycles. The lowest BCUT2D eigenvalue weighted by molar-refractivity contribution is 0.212. The van der Waals surface area contributed by atoms with Gasteiger partial charge in [0.15, 0.2) is 11.6 Å². The van der Waals surface area contributed by atoms with Gasteiger partial charge in [-0.25, -0.2) is 4.39 Å². The molecule has 0 spiro atoms. The lowest BCUT2D eigenvalue weighted by Crippen LogP contribution is -2.07. The molecule has 1 aliphatic rings. The Hall–Kier alpha value is -1.72. The van der Waals surface area contributed by atoms with Crippen molar-refractivity contribution < 1.29 is 18.6 Å². The van der Waals surface area contributed by atoms with Gasteiger partial charge in [-0.1, -0.05) is 12.7 Å². The maximum absolute atomic E-state index is 14.0. The molecule has 1 aliphatic carbocycles. The largest absolute Gasteiger partial charge is 0.486 e. The van der Waals surface area contributed by atoms with Gasteiger partial charge in [-0.05, 0) is 47.9 Å². The first-order chi connectivity index (χ1) is 10.6. The summed E-state index contributed by atoms with van der Waals surface area (Å²) in [6, 6.07) is 4.38. The van der Waals surface area contributed by atoms with E-state index in [4.69, 9.17) is 4.74 Å². The van der Waals surface area contributed by atoms with Crippen LogP contribution in [0.25, 0.3) is 0 Å². The molecule has 2 nitrogen and oxygen atoms in total. The van der Waals surface area contributed by atoms with Crippen molar-refractivity contribution in [3.8, 4) is 5.75 Å². The molecule has 1 heterocycles. The Morgan fingerprint density at radius 3 is 2.82 bits per heavy atom. The molecule has 1 atom stereocenters. The number of hydrogen-bond acceptors (Lipinski definition) is 3. The summed E-state index contributed by atoms with van der Waals surface area (Å²) in [5.74, 6) is -1.85. The van der Waals surface area contributed by atoms with E-state index < -0.39 is 17.7 Å². The van der Waals surface area contributed by atoms with Crippen molar-refractivity contribution in [2.75, 3.05) is 6.61 Å². The van der Waals surface area contributed by atoms with E-state index in [1.54, 1.807) is 0 Å². The van der Waals surface area contributed by atoms with E-state index in [9.17, 15) is 13.9 Å². The molecular formula is C17H16F2O2S. The molecule has 1 aromatic carbocycles. The highest BCUT2D eigenvalue weighted by Gasteiger charge is 2.31. The SMILES string of the molecule is C=CCOc1c(C(O)c2sccc2C2CC2)ccc(F)c1F. The molecule has 0 radical (unpaired) electrons. The molecule has 1 aromatic heterocycles. The summed E-state index contributed by atoms with van der Waals surface area (Å²) >= 11 is 1.42. The van der Waals surface area contributed by atoms with Crippen LogP contribution in [0.4, 0.5) is 8.78 Å². The number of halogens is 2. The minimum atomic E-state index is -1.08. The van der Waals surface area contributed by atoms with E-state index >= 15 is 0 Å². The molecule has 1 saturated carbocycles. The first-order valence-electron chi connectivity index (χ1n) is 7.10. The van der Waals surface area contributed by atoms with E-state index in [1.807, 2.05) is 11.4 Å². The molecule has 22 heavy (non-hydrogen) atoms. The van der Waals surface area contributed by atoms with Crippen LogP contribution in [0.1, 0.15) is 40.9 Å². The highest BCUT2D eigenvalue weighted by Crippen LogP contribution is 2.47. The van der Waals surface area contributed by atoms with Crippen LogP contribution < -0.4 is 4.74 Å². The zero-order chi connectivity index (χ0) is 15.7. The standard InChI is InChI=1S/C17H16F2O2S/c1-2-8-21-16-12(5-6-13(18)14(16)19)15(20)17-11(7-9-22-17)10-3-4-10/h2,5-7,9-10,15,20H,1,3-4,8H2. The van der Waals surface area contributed by atoms with Gasteiger partial charge < -0.3 is 9.84 Å². The second kappa shape index (κ2) is 6.18. The van der Waals surface area contributed by atoms with Crippen LogP contribution in [-0.2, 0) is 0 Å². The van der Waals surface area contributed by atoms with Gasteiger partial charge in [0, 0.05) is 10.4 Å². The van der Waals surface area contributed by atoms with Crippen LogP contribution in [0.15, 0.2) is 36.2 Å². The van der Waals surface area contributed by atoms with Crippen LogP contribution >= 0.6 is 11.3 Å². The second-order valence-corrected chi connectivity index (χ2v) is 6.24. The fourth-order valence-corrected chi connectivity index (χ4v) is 3.47. The summed E-state index contributed by atoms with van der Waals surface area (Å²) in [5, 5.41) is 12.6. The first-order valence-corrected chi connectivity index (χ1v) is 7.98. The lowest BCUT2D eigenvalue weighted by atomic mass is 10.0. The topological polar surface area (TPSA) is 29.5 Å². The lowest BCUT2D eigenvalue weighted by Gasteiger charge is -2.17. The van der Waals surface area contributed by atoms with Gasteiger partial charge >= 0.3 is 0 Å². The van der Waals surface area contributed by atoms with Crippen LogP contribution in [0.3, 0.4) is 0 Å². The predicted molar refractivity (Wildman–Crippen MR) is 82.4 cm³/mol. The van der Waals surface area contributed by atoms with Crippen LogP contribution in [0.2, 0.25) is 0 Å². The van der Waals surface area contributed by atoms with Crippen molar-refractivity contribution in [2.45, 2.75) is 24.9 Å². The molecule has 116 valence electrons. The average Bonchev–Trinajstić information content (AvgIpc) is 3.25. The summed E-state index contributed by atoms with van der Waals surface area (Å²) < 4.78 is 32.7. The number of ether oxygens (including phenoxy) is 1. The minimum absolute atomic E-state index is 0.0417. The Kier molecular flexibility index (Phi) is 4.27. The van der Waals surface area contributed by atoms with Gasteiger partial charge in [-0.3, -0.25) is 0 Å². The fourth-order valence-electron chi connectivity index (χ4n) is 2.48. The molecule has 0 amide bonds. The van der Waals surface area contributed by atoms with Crippen molar-refractivity contribution in [2.24, 2.45) is 0 Å². The highest BCUT2D eigenvalue weighted by molar-refractivity contribution is 7.10. The van der Waals surface area contributed by atoms with Crippen molar-refractivity contribution >= 4 is 11.3 Å². The van der Waals surface area contributed by atoms with Crippen molar-refractivity contribution in [3.05, 3.63) is 63.9 Å². The molecular weight excluding hydrogens is 306 g/mol. The summed E-state index contributed by atoms with van der Waals surface area (Å²) in [7, 11) is 0. The van der Waals surface area contributed by atoms with Crippen LogP contribution in [-0.4, -0.2) is 11.7 Å². The van der Waals surface area contributed by atoms with E-state index in [2.05, 4.69) is 6.58 Å². The van der Waals surface area contributed by atoms with Crippen LogP contribution in [0.5, 0.6) is 5.75 Å². The zero-order valence-electron chi connectivity index (χ0n) is 11.9. The number of hydrogen-bond donors (Lipinski definition) is 1. The Morgan fingerprint density at radius 1 is 1.36 bits per heavy atom. The summed E-state index contributed by atoms with van der Waals surface area (Å²) in [5.41, 5.74) is 1.34. The van der Waals surface area contributed by atoms with E-state index in [-0.39, 0.29) is 17.9 Å². The second-order valence-electron chi connectivity index (χ2n) is 5.30. The molecule has 0 saturated heterocycles. The maximum atomic E-state index is 14.0. The Morgan fingerprint density at radius 2 is 2.14 bits per heavy atom. The van der Waals surface area contributed by atoms with Crippen molar-refractivity contribution in [1.29, 1.82) is 0 Å². The van der Waals surface area contributed by atoms with Gasteiger partial charge in [-0.2, -0.15) is 4.39 Å². The average molecular weight is 322 g/mol. The van der Waals surface area contributed by atoms with Gasteiger partial charge in [-0.15, -0.1) is 11.3 Å². The van der Waals surface area contributed by atoms with Gasteiger partial charge in [0.2, 0.25) is 5.82 Å². The minimum Gasteiger partial charge on any atom is -0.486 e. The third-order valence-electron chi connectivity index (χ3n) is 3.71. The van der Waals surface area contributed by atoms with E-state index in [1.165, 1.54) is 23.5 Å². The van der Waals surface area contributed by atoms with Gasteiger partial charge in [0.05, 0.1) is 0 Å². The monoisotopic (exact) mass is 322 g/mol. The van der Waals surface area contributed by atoms with Crippen molar-refractivity contribution in [3.63, 3.8) is 0 Å². The summed E-state index contributed by atoms with van der Waals surface area (Å²) in [4.78, 5) is 0.775. The summed E-state index contributed by atoms with van der Waals surface area (Å²) in [6.07, 6.45) is 2.63. The van der Waals surface area contributed by atoms with Gasteiger partial charge in [0.1, 0.15) is 12.7 Å². The maximum Gasteiger partial charge on any atom is 0.201 e. The van der Waals surface area contributed by atoms with Gasteiger partial charge in [0.25, 0.3) is 0 Å². The molecule has 0 bridgehead atoms. The third kappa shape index (κ3) is 2.78. The van der Waals surface area contributed by atoms with E-state index in [0.29, 0.717) is 5.92 Å². The highest BCUT2D eigenvalue weighted by atomic mass is 32.1. The number of rotatable bonds is 6.